The highest BCUT2D eigenvalue weighted by Crippen LogP contribution is 2.14. The molecular weight excluding hydrogens is 256 g/mol. The molecule has 0 aliphatic carbocycles. The maximum absolute atomic E-state index is 5.74. The Morgan fingerprint density at radius 2 is 2.53 bits per heavy atom. The molecule has 0 amide bonds. The summed E-state index contributed by atoms with van der Waals surface area (Å²) in [5.41, 5.74) is 1.00. The summed E-state index contributed by atoms with van der Waals surface area (Å²) in [6.45, 7) is 6.23. The molecule has 0 saturated carbocycles. The number of rotatable bonds is 5. The van der Waals surface area contributed by atoms with Gasteiger partial charge in [0, 0.05) is 31.4 Å². The first-order chi connectivity index (χ1) is 8.31. The predicted molar refractivity (Wildman–Crippen MR) is 71.8 cm³/mol. The fourth-order valence-corrected chi connectivity index (χ4v) is 3.02. The molecule has 5 heteroatoms. The molecule has 17 heavy (non-hydrogen) atoms. The zero-order chi connectivity index (χ0) is 12.1. The van der Waals surface area contributed by atoms with E-state index in [0.717, 1.165) is 44.8 Å². The van der Waals surface area contributed by atoms with Crippen LogP contribution in [0.5, 0.6) is 0 Å². The van der Waals surface area contributed by atoms with Gasteiger partial charge >= 0.3 is 0 Å². The van der Waals surface area contributed by atoms with Crippen LogP contribution in [-0.2, 0) is 17.0 Å². The minimum atomic E-state index is 0.415. The molecule has 3 nitrogen and oxygen atoms in total. The van der Waals surface area contributed by atoms with E-state index in [1.807, 2.05) is 0 Å². The van der Waals surface area contributed by atoms with Gasteiger partial charge in [0.2, 0.25) is 0 Å². The van der Waals surface area contributed by atoms with Crippen molar-refractivity contribution in [3.05, 3.63) is 16.1 Å². The standard InChI is InChI=1S/C12H19ClN2OS/c1-2-11-8-15(5-6-16-11)4-3-12-14-10(7-13)9-17-12/h9,11H,2-8H2,1H3. The highest BCUT2D eigenvalue weighted by molar-refractivity contribution is 7.09. The van der Waals surface area contributed by atoms with E-state index in [1.54, 1.807) is 11.3 Å². The highest BCUT2D eigenvalue weighted by Gasteiger charge is 2.18. The molecule has 0 radical (unpaired) electrons. The second-order valence-electron chi connectivity index (χ2n) is 4.32. The van der Waals surface area contributed by atoms with Crippen LogP contribution in [0, 0.1) is 0 Å². The lowest BCUT2D eigenvalue weighted by Gasteiger charge is -2.32. The molecule has 1 aromatic rings. The van der Waals surface area contributed by atoms with Crippen molar-refractivity contribution in [3.63, 3.8) is 0 Å². The third-order valence-electron chi connectivity index (χ3n) is 3.06. The topological polar surface area (TPSA) is 25.4 Å². The van der Waals surface area contributed by atoms with Gasteiger partial charge in [-0.1, -0.05) is 6.92 Å². The number of hydrogen-bond acceptors (Lipinski definition) is 4. The minimum Gasteiger partial charge on any atom is -0.376 e. The molecule has 1 fully saturated rings. The molecule has 1 unspecified atom stereocenters. The Morgan fingerprint density at radius 1 is 1.65 bits per heavy atom. The first kappa shape index (κ1) is 13.3. The number of thiazole rings is 1. The zero-order valence-electron chi connectivity index (χ0n) is 10.2. The third kappa shape index (κ3) is 3.91. The number of alkyl halides is 1. The normalized spacial score (nSPS) is 21.9. The fraction of sp³-hybridized carbons (Fsp3) is 0.750. The number of nitrogens with zero attached hydrogens (tertiary/aromatic N) is 2. The van der Waals surface area contributed by atoms with Gasteiger partial charge in [-0.25, -0.2) is 4.98 Å². The number of morpholine rings is 1. The van der Waals surface area contributed by atoms with Gasteiger partial charge in [-0.3, -0.25) is 4.90 Å². The molecular formula is C12H19ClN2OS. The average Bonchev–Trinajstić information content (AvgIpc) is 2.84. The number of halogens is 1. The van der Waals surface area contributed by atoms with Gasteiger partial charge in [0.1, 0.15) is 0 Å². The van der Waals surface area contributed by atoms with E-state index in [2.05, 4.69) is 22.2 Å². The van der Waals surface area contributed by atoms with E-state index in [-0.39, 0.29) is 0 Å². The summed E-state index contributed by atoms with van der Waals surface area (Å²) in [5, 5.41) is 3.25. The quantitative estimate of drug-likeness (QED) is 0.772. The van der Waals surface area contributed by atoms with Gasteiger partial charge in [-0.15, -0.1) is 22.9 Å². The molecule has 2 rings (SSSR count). The van der Waals surface area contributed by atoms with Gasteiger partial charge in [-0.2, -0.15) is 0 Å². The van der Waals surface area contributed by atoms with Crippen molar-refractivity contribution in [3.8, 4) is 0 Å². The number of hydrogen-bond donors (Lipinski definition) is 0. The Morgan fingerprint density at radius 3 is 3.24 bits per heavy atom. The molecule has 1 aliphatic heterocycles. The fourth-order valence-electron chi connectivity index (χ4n) is 2.01. The summed E-state index contributed by atoms with van der Waals surface area (Å²) in [7, 11) is 0. The molecule has 1 saturated heterocycles. The molecule has 1 atom stereocenters. The first-order valence-corrected chi connectivity index (χ1v) is 7.56. The lowest BCUT2D eigenvalue weighted by molar-refractivity contribution is -0.0291. The molecule has 1 aromatic heterocycles. The predicted octanol–water partition coefficient (Wildman–Crippen LogP) is 2.54. The van der Waals surface area contributed by atoms with Crippen molar-refractivity contribution in [1.82, 2.24) is 9.88 Å². The van der Waals surface area contributed by atoms with Crippen LogP contribution < -0.4 is 0 Å². The van der Waals surface area contributed by atoms with Crippen LogP contribution in [0.25, 0.3) is 0 Å². The van der Waals surface area contributed by atoms with Crippen molar-refractivity contribution in [2.75, 3.05) is 26.2 Å². The second kappa shape index (κ2) is 6.69. The summed E-state index contributed by atoms with van der Waals surface area (Å²) >= 11 is 7.46. The maximum atomic E-state index is 5.74. The molecule has 0 aromatic carbocycles. The van der Waals surface area contributed by atoms with Crippen molar-refractivity contribution in [2.24, 2.45) is 0 Å². The monoisotopic (exact) mass is 274 g/mol. The Balaban J connectivity index is 1.77. The second-order valence-corrected chi connectivity index (χ2v) is 5.53. The maximum Gasteiger partial charge on any atom is 0.0941 e. The van der Waals surface area contributed by atoms with Crippen molar-refractivity contribution >= 4 is 22.9 Å². The molecule has 1 aliphatic rings. The van der Waals surface area contributed by atoms with Crippen molar-refractivity contribution in [2.45, 2.75) is 31.7 Å². The van der Waals surface area contributed by atoms with E-state index in [0.29, 0.717) is 12.0 Å². The van der Waals surface area contributed by atoms with Crippen LogP contribution in [-0.4, -0.2) is 42.2 Å². The van der Waals surface area contributed by atoms with E-state index < -0.39 is 0 Å². The van der Waals surface area contributed by atoms with Crippen LogP contribution in [0.3, 0.4) is 0 Å². The van der Waals surface area contributed by atoms with Crippen LogP contribution in [0.4, 0.5) is 0 Å². The Hall–Kier alpha value is -0.160. The van der Waals surface area contributed by atoms with Gasteiger partial charge in [0.05, 0.1) is 29.3 Å². The van der Waals surface area contributed by atoms with Crippen LogP contribution in [0.15, 0.2) is 5.38 Å². The van der Waals surface area contributed by atoms with Crippen molar-refractivity contribution < 1.29 is 4.74 Å². The van der Waals surface area contributed by atoms with Gasteiger partial charge < -0.3 is 4.74 Å². The van der Waals surface area contributed by atoms with Crippen molar-refractivity contribution in [1.29, 1.82) is 0 Å². The Kier molecular flexibility index (Phi) is 5.22. The SMILES string of the molecule is CCC1CN(CCc2nc(CCl)cs2)CCO1. The van der Waals surface area contributed by atoms with Gasteiger partial charge in [0.15, 0.2) is 0 Å². The molecule has 96 valence electrons. The average molecular weight is 275 g/mol. The van der Waals surface area contributed by atoms with Crippen LogP contribution in [0.2, 0.25) is 0 Å². The van der Waals surface area contributed by atoms with Crippen LogP contribution in [0.1, 0.15) is 24.0 Å². The third-order valence-corrected chi connectivity index (χ3v) is 4.29. The first-order valence-electron chi connectivity index (χ1n) is 6.15. The van der Waals surface area contributed by atoms with Gasteiger partial charge in [-0.05, 0) is 6.42 Å². The van der Waals surface area contributed by atoms with E-state index in [1.165, 1.54) is 5.01 Å². The lowest BCUT2D eigenvalue weighted by Crippen LogP contribution is -2.42. The number of aromatic nitrogens is 1. The summed E-state index contributed by atoms with van der Waals surface area (Å²) in [5.74, 6) is 0.520. The Labute approximate surface area is 112 Å². The molecule has 0 spiro atoms. The summed E-state index contributed by atoms with van der Waals surface area (Å²) in [6, 6.07) is 0. The summed E-state index contributed by atoms with van der Waals surface area (Å²) in [6.07, 6.45) is 2.54. The Bertz CT molecular complexity index is 345. The zero-order valence-corrected chi connectivity index (χ0v) is 11.8. The lowest BCUT2D eigenvalue weighted by atomic mass is 10.2. The van der Waals surface area contributed by atoms with Crippen LogP contribution >= 0.6 is 22.9 Å². The minimum absolute atomic E-state index is 0.415. The molecule has 0 bridgehead atoms. The smallest absolute Gasteiger partial charge is 0.0941 e. The van der Waals surface area contributed by atoms with E-state index in [9.17, 15) is 0 Å². The van der Waals surface area contributed by atoms with Gasteiger partial charge in [0.25, 0.3) is 0 Å². The van der Waals surface area contributed by atoms with E-state index in [4.69, 9.17) is 16.3 Å². The molecule has 2 heterocycles. The molecule has 0 N–H and O–H groups in total. The van der Waals surface area contributed by atoms with E-state index >= 15 is 0 Å². The summed E-state index contributed by atoms with van der Waals surface area (Å²) < 4.78 is 5.66. The highest BCUT2D eigenvalue weighted by atomic mass is 35.5. The number of ether oxygens (including phenoxy) is 1. The largest absolute Gasteiger partial charge is 0.376 e. The summed E-state index contributed by atoms with van der Waals surface area (Å²) in [4.78, 5) is 6.95.